The molecule has 3 atom stereocenters. The van der Waals surface area contributed by atoms with Gasteiger partial charge in [-0.25, -0.2) is 0 Å². The van der Waals surface area contributed by atoms with E-state index in [-0.39, 0.29) is 12.0 Å². The van der Waals surface area contributed by atoms with Crippen molar-refractivity contribution in [3.05, 3.63) is 0 Å². The van der Waals surface area contributed by atoms with Gasteiger partial charge in [-0.05, 0) is 26.3 Å². The number of morpholine rings is 1. The second-order valence-electron chi connectivity index (χ2n) is 5.04. The molecule has 5 nitrogen and oxygen atoms in total. The summed E-state index contributed by atoms with van der Waals surface area (Å²) in [5, 5.41) is 3.21. The van der Waals surface area contributed by atoms with Gasteiger partial charge in [0, 0.05) is 19.6 Å². The van der Waals surface area contributed by atoms with E-state index < -0.39 is 0 Å². The first kappa shape index (κ1) is 13.8. The Morgan fingerprint density at radius 2 is 2.06 bits per heavy atom. The molecule has 2 rings (SSSR count). The van der Waals surface area contributed by atoms with E-state index in [1.54, 1.807) is 0 Å². The van der Waals surface area contributed by atoms with Crippen LogP contribution in [0.5, 0.6) is 0 Å². The minimum Gasteiger partial charge on any atom is -0.465 e. The van der Waals surface area contributed by atoms with Crippen LogP contribution in [0.15, 0.2) is 0 Å². The molecule has 2 aliphatic rings. The number of hydrogen-bond acceptors (Lipinski definition) is 5. The number of likely N-dealkylation sites (N-methyl/N-ethyl adjacent to an activating group) is 1. The zero-order valence-corrected chi connectivity index (χ0v) is 11.4. The quantitative estimate of drug-likeness (QED) is 0.697. The monoisotopic (exact) mass is 256 g/mol. The molecule has 104 valence electrons. The third-order valence-corrected chi connectivity index (χ3v) is 3.58. The summed E-state index contributed by atoms with van der Waals surface area (Å²) in [6, 6.07) is -0.215. The van der Waals surface area contributed by atoms with Crippen molar-refractivity contribution in [2.45, 2.75) is 44.9 Å². The molecule has 0 aromatic carbocycles. The highest BCUT2D eigenvalue weighted by atomic mass is 16.5. The molecule has 2 bridgehead atoms. The molecule has 3 unspecified atom stereocenters. The molecule has 0 aliphatic carbocycles. The summed E-state index contributed by atoms with van der Waals surface area (Å²) in [4.78, 5) is 14.2. The number of nitrogens with zero attached hydrogens (tertiary/aromatic N) is 1. The lowest BCUT2D eigenvalue weighted by atomic mass is 10.2. The van der Waals surface area contributed by atoms with Gasteiger partial charge in [0.05, 0.1) is 18.8 Å². The van der Waals surface area contributed by atoms with Gasteiger partial charge in [0.1, 0.15) is 6.04 Å². The fraction of sp³-hybridized carbons (Fsp3) is 0.923. The molecule has 1 N–H and O–H groups in total. The topological polar surface area (TPSA) is 50.8 Å². The SMILES string of the molecule is CCNC(CN1CC2CCC(C1)O2)C(=O)OCC. The molecule has 0 radical (unpaired) electrons. The van der Waals surface area contributed by atoms with E-state index in [9.17, 15) is 4.79 Å². The lowest BCUT2D eigenvalue weighted by Gasteiger charge is -2.34. The molecular formula is C13H24N2O3. The number of rotatable bonds is 6. The second-order valence-corrected chi connectivity index (χ2v) is 5.04. The van der Waals surface area contributed by atoms with Gasteiger partial charge in [-0.2, -0.15) is 0 Å². The maximum Gasteiger partial charge on any atom is 0.324 e. The van der Waals surface area contributed by atoms with Crippen molar-refractivity contribution in [1.29, 1.82) is 0 Å². The van der Waals surface area contributed by atoms with Crippen LogP contribution in [-0.4, -0.2) is 61.9 Å². The van der Waals surface area contributed by atoms with Gasteiger partial charge in [-0.15, -0.1) is 0 Å². The molecule has 18 heavy (non-hydrogen) atoms. The van der Waals surface area contributed by atoms with E-state index in [2.05, 4.69) is 10.2 Å². The van der Waals surface area contributed by atoms with Crippen molar-refractivity contribution in [1.82, 2.24) is 10.2 Å². The minimum absolute atomic E-state index is 0.141. The van der Waals surface area contributed by atoms with Crippen molar-refractivity contribution in [2.75, 3.05) is 32.8 Å². The van der Waals surface area contributed by atoms with Crippen LogP contribution in [0.3, 0.4) is 0 Å². The lowest BCUT2D eigenvalue weighted by molar-refractivity contribution is -0.146. The van der Waals surface area contributed by atoms with Crippen LogP contribution in [-0.2, 0) is 14.3 Å². The minimum atomic E-state index is -0.215. The largest absolute Gasteiger partial charge is 0.465 e. The Bertz CT molecular complexity index is 273. The van der Waals surface area contributed by atoms with Gasteiger partial charge in [0.2, 0.25) is 0 Å². The number of nitrogens with one attached hydrogen (secondary N) is 1. The Balaban J connectivity index is 1.86. The van der Waals surface area contributed by atoms with Crippen molar-refractivity contribution < 1.29 is 14.3 Å². The normalized spacial score (nSPS) is 29.2. The zero-order chi connectivity index (χ0) is 13.0. The summed E-state index contributed by atoms with van der Waals surface area (Å²) in [6.45, 7) is 7.68. The Morgan fingerprint density at radius 3 is 2.61 bits per heavy atom. The third-order valence-electron chi connectivity index (χ3n) is 3.58. The molecular weight excluding hydrogens is 232 g/mol. The summed E-state index contributed by atoms with van der Waals surface area (Å²) in [7, 11) is 0. The Hall–Kier alpha value is -0.650. The van der Waals surface area contributed by atoms with Crippen molar-refractivity contribution >= 4 is 5.97 Å². The summed E-state index contributed by atoms with van der Waals surface area (Å²) in [5.41, 5.74) is 0. The number of fused-ring (bicyclic) bond motifs is 2. The fourth-order valence-corrected chi connectivity index (χ4v) is 2.82. The number of esters is 1. The van der Waals surface area contributed by atoms with Gasteiger partial charge in [0.15, 0.2) is 0 Å². The number of carbonyl (C=O) groups excluding carboxylic acids is 1. The molecule has 2 fully saturated rings. The van der Waals surface area contributed by atoms with Crippen molar-refractivity contribution in [2.24, 2.45) is 0 Å². The van der Waals surface area contributed by atoms with Crippen LogP contribution in [0.1, 0.15) is 26.7 Å². The predicted molar refractivity (Wildman–Crippen MR) is 68.4 cm³/mol. The van der Waals surface area contributed by atoms with Crippen LogP contribution in [0, 0.1) is 0 Å². The maximum absolute atomic E-state index is 11.8. The van der Waals surface area contributed by atoms with E-state index in [1.807, 2.05) is 13.8 Å². The highest BCUT2D eigenvalue weighted by Gasteiger charge is 2.35. The summed E-state index contributed by atoms with van der Waals surface area (Å²) < 4.78 is 10.9. The standard InChI is InChI=1S/C13H24N2O3/c1-3-14-12(13(16)17-4-2)9-15-7-10-5-6-11(8-15)18-10/h10-12,14H,3-9H2,1-2H3. The van der Waals surface area contributed by atoms with Gasteiger partial charge < -0.3 is 14.8 Å². The molecule has 0 spiro atoms. The van der Waals surface area contributed by atoms with E-state index in [1.165, 1.54) is 0 Å². The third kappa shape index (κ3) is 3.43. The second kappa shape index (κ2) is 6.50. The molecule has 5 heteroatoms. The van der Waals surface area contributed by atoms with Crippen molar-refractivity contribution in [3.63, 3.8) is 0 Å². The van der Waals surface area contributed by atoms with Gasteiger partial charge in [0.25, 0.3) is 0 Å². The molecule has 0 amide bonds. The van der Waals surface area contributed by atoms with Gasteiger partial charge >= 0.3 is 5.97 Å². The molecule has 0 saturated carbocycles. The average Bonchev–Trinajstić information content (AvgIpc) is 2.68. The van der Waals surface area contributed by atoms with E-state index >= 15 is 0 Å². The predicted octanol–water partition coefficient (Wildman–Crippen LogP) is 0.391. The first-order valence-corrected chi connectivity index (χ1v) is 7.00. The van der Waals surface area contributed by atoms with E-state index in [4.69, 9.17) is 9.47 Å². The van der Waals surface area contributed by atoms with Crippen LogP contribution in [0.2, 0.25) is 0 Å². The number of hydrogen-bond donors (Lipinski definition) is 1. The Morgan fingerprint density at radius 1 is 1.39 bits per heavy atom. The lowest BCUT2D eigenvalue weighted by Crippen LogP contribution is -2.51. The highest BCUT2D eigenvalue weighted by Crippen LogP contribution is 2.26. The number of carbonyl (C=O) groups is 1. The smallest absolute Gasteiger partial charge is 0.324 e. The van der Waals surface area contributed by atoms with Gasteiger partial charge in [-0.3, -0.25) is 9.69 Å². The molecule has 0 aromatic rings. The summed E-state index contributed by atoms with van der Waals surface area (Å²) >= 11 is 0. The highest BCUT2D eigenvalue weighted by molar-refractivity contribution is 5.76. The maximum atomic E-state index is 11.8. The Labute approximate surface area is 109 Å². The van der Waals surface area contributed by atoms with Crippen molar-refractivity contribution in [3.8, 4) is 0 Å². The molecule has 2 saturated heterocycles. The van der Waals surface area contributed by atoms with Crippen LogP contribution >= 0.6 is 0 Å². The summed E-state index contributed by atoms with van der Waals surface area (Å²) in [6.07, 6.45) is 3.06. The van der Waals surface area contributed by atoms with Gasteiger partial charge in [-0.1, -0.05) is 6.92 Å². The number of likely N-dealkylation sites (tertiary alicyclic amines) is 1. The van der Waals surface area contributed by atoms with E-state index in [0.29, 0.717) is 18.8 Å². The summed E-state index contributed by atoms with van der Waals surface area (Å²) in [5.74, 6) is -0.141. The average molecular weight is 256 g/mol. The zero-order valence-electron chi connectivity index (χ0n) is 11.4. The van der Waals surface area contributed by atoms with Crippen LogP contribution in [0.25, 0.3) is 0 Å². The Kier molecular flexibility index (Phi) is 4.97. The first-order valence-electron chi connectivity index (χ1n) is 7.00. The van der Waals surface area contributed by atoms with E-state index in [0.717, 1.165) is 39.0 Å². The fourth-order valence-electron chi connectivity index (χ4n) is 2.82. The molecule has 0 aromatic heterocycles. The first-order chi connectivity index (χ1) is 8.72. The van der Waals surface area contributed by atoms with Crippen LogP contribution < -0.4 is 5.32 Å². The molecule has 2 aliphatic heterocycles. The van der Waals surface area contributed by atoms with Crippen LogP contribution in [0.4, 0.5) is 0 Å². The molecule has 2 heterocycles. The number of ether oxygens (including phenoxy) is 2.